The van der Waals surface area contributed by atoms with Crippen LogP contribution in [0.4, 0.5) is 5.82 Å². The highest BCUT2D eigenvalue weighted by Crippen LogP contribution is 2.51. The molecule has 3 aromatic rings. The number of nitrogens with zero attached hydrogens (tertiary/aromatic N) is 7. The molecule has 1 unspecified atom stereocenters. The van der Waals surface area contributed by atoms with Crippen molar-refractivity contribution in [2.24, 2.45) is 0 Å². The van der Waals surface area contributed by atoms with Gasteiger partial charge in [0.15, 0.2) is 17.7 Å². The number of hydrogen-bond acceptors (Lipinski definition) is 14. The number of rotatable bonds is 12. The van der Waals surface area contributed by atoms with E-state index < -0.39 is 57.3 Å². The van der Waals surface area contributed by atoms with Crippen LogP contribution < -0.4 is 5.32 Å². The number of H-pyrrole nitrogens is 1. The standard InChI is InChI=1S/C20H29ClN9O9P/c21-19-24-16(23-10-3-1-2-4-10)11-5-22-30(17(11)25-19)18-15(33)14(32)12(39-18)6-38-20(8-31,40(34,35)36)9-37-7-13-26-28-29-27-13/h5,10,12,14-15,18,31-33H,1-4,6-9H2,(H,23,24,25)(H2,34,35,36)(H,26,27,28,29)/t12-,14-,15-,18?,20+/m1/s1. The van der Waals surface area contributed by atoms with Gasteiger partial charge in [0.1, 0.15) is 30.7 Å². The van der Waals surface area contributed by atoms with E-state index in [1.54, 1.807) is 0 Å². The van der Waals surface area contributed by atoms with Crippen LogP contribution in [0.15, 0.2) is 6.20 Å². The molecule has 18 nitrogen and oxygen atoms in total. The second-order valence-corrected chi connectivity index (χ2v) is 11.9. The lowest BCUT2D eigenvalue weighted by Crippen LogP contribution is -2.45. The number of aromatic nitrogens is 8. The van der Waals surface area contributed by atoms with Crippen LogP contribution in [-0.4, -0.2) is 115 Å². The second-order valence-electron chi connectivity index (χ2n) is 9.62. The lowest BCUT2D eigenvalue weighted by Gasteiger charge is -2.33. The molecule has 0 aromatic carbocycles. The fraction of sp³-hybridized carbons (Fsp3) is 0.700. The Morgan fingerprint density at radius 1 is 1.25 bits per heavy atom. The normalized spacial score (nSPS) is 25.6. The van der Waals surface area contributed by atoms with E-state index in [-0.39, 0.29) is 29.4 Å². The quantitative estimate of drug-likeness (QED) is 0.0971. The van der Waals surface area contributed by atoms with Gasteiger partial charge in [0, 0.05) is 6.04 Å². The minimum atomic E-state index is -5.14. The monoisotopic (exact) mass is 605 g/mol. The van der Waals surface area contributed by atoms with Gasteiger partial charge in [-0.25, -0.2) is 4.68 Å². The van der Waals surface area contributed by atoms with Crippen LogP contribution in [0.5, 0.6) is 0 Å². The molecule has 1 saturated heterocycles. The topological polar surface area (TPSA) is 256 Å². The van der Waals surface area contributed by atoms with E-state index in [9.17, 15) is 29.7 Å². The Balaban J connectivity index is 1.31. The van der Waals surface area contributed by atoms with E-state index in [0.29, 0.717) is 11.2 Å². The van der Waals surface area contributed by atoms with Gasteiger partial charge in [-0.05, 0) is 24.4 Å². The van der Waals surface area contributed by atoms with Gasteiger partial charge in [-0.3, -0.25) is 4.57 Å². The van der Waals surface area contributed by atoms with Crippen LogP contribution in [0.1, 0.15) is 37.7 Å². The second kappa shape index (κ2) is 11.8. The molecule has 0 spiro atoms. The fourth-order valence-electron chi connectivity index (χ4n) is 4.70. The third-order valence-electron chi connectivity index (χ3n) is 6.94. The van der Waals surface area contributed by atoms with Gasteiger partial charge in [0.2, 0.25) is 10.6 Å². The molecule has 4 heterocycles. The maximum Gasteiger partial charge on any atom is 0.361 e. The van der Waals surface area contributed by atoms with Crippen LogP contribution in [0.25, 0.3) is 11.0 Å². The van der Waals surface area contributed by atoms with Crippen molar-refractivity contribution < 1.29 is 43.9 Å². The van der Waals surface area contributed by atoms with Gasteiger partial charge in [-0.2, -0.15) is 20.3 Å². The zero-order valence-electron chi connectivity index (χ0n) is 20.9. The highest BCUT2D eigenvalue weighted by molar-refractivity contribution is 7.53. The molecule has 7 N–H and O–H groups in total. The number of nitrogens with one attached hydrogen (secondary N) is 2. The summed E-state index contributed by atoms with van der Waals surface area (Å²) in [5, 5.41) is 49.8. The number of fused-ring (bicyclic) bond motifs is 1. The summed E-state index contributed by atoms with van der Waals surface area (Å²) in [6.45, 7) is -2.80. The first-order chi connectivity index (χ1) is 19.1. The Kier molecular flexibility index (Phi) is 8.63. The summed E-state index contributed by atoms with van der Waals surface area (Å²) in [6.07, 6.45) is 0.0711. The van der Waals surface area contributed by atoms with Crippen molar-refractivity contribution >= 4 is 36.0 Å². The summed E-state index contributed by atoms with van der Waals surface area (Å²) >= 11 is 6.17. The summed E-state index contributed by atoms with van der Waals surface area (Å²) in [7, 11) is -5.14. The molecule has 0 amide bonds. The minimum Gasteiger partial charge on any atom is -0.393 e. The Morgan fingerprint density at radius 3 is 2.70 bits per heavy atom. The van der Waals surface area contributed by atoms with Crippen molar-refractivity contribution in [2.45, 2.75) is 68.2 Å². The van der Waals surface area contributed by atoms with Gasteiger partial charge in [0.05, 0.1) is 31.4 Å². The van der Waals surface area contributed by atoms with E-state index in [4.69, 9.17) is 25.8 Å². The SMILES string of the molecule is O=P(O)(O)[C@@](CO)(COCc1nn[nH]n1)OC[C@H]1OC(n2ncc3c(NC4CCCC4)nc(Cl)nc32)[C@H](O)[C@@H]1O. The predicted octanol–water partition coefficient (Wildman–Crippen LogP) is -0.934. The van der Waals surface area contributed by atoms with Crippen LogP contribution in [0, 0.1) is 0 Å². The number of ether oxygens (including phenoxy) is 3. The molecule has 5 rings (SSSR count). The zero-order chi connectivity index (χ0) is 28.5. The van der Waals surface area contributed by atoms with Crippen molar-refractivity contribution in [3.05, 3.63) is 17.3 Å². The number of aliphatic hydroxyl groups excluding tert-OH is 3. The van der Waals surface area contributed by atoms with Crippen molar-refractivity contribution in [1.82, 2.24) is 40.4 Å². The number of tetrazole rings is 1. The molecule has 40 heavy (non-hydrogen) atoms. The Labute approximate surface area is 231 Å². The molecule has 2 aliphatic rings. The van der Waals surface area contributed by atoms with Gasteiger partial charge < -0.3 is 44.6 Å². The predicted molar refractivity (Wildman–Crippen MR) is 134 cm³/mol. The van der Waals surface area contributed by atoms with Crippen LogP contribution in [-0.2, 0) is 25.4 Å². The molecule has 220 valence electrons. The van der Waals surface area contributed by atoms with E-state index in [1.807, 2.05) is 0 Å². The lowest BCUT2D eigenvalue weighted by molar-refractivity contribution is -0.131. The summed E-state index contributed by atoms with van der Waals surface area (Å²) in [5.41, 5.74) is 0.244. The van der Waals surface area contributed by atoms with Crippen LogP contribution in [0.3, 0.4) is 0 Å². The van der Waals surface area contributed by atoms with Crippen molar-refractivity contribution in [2.75, 3.05) is 25.1 Å². The van der Waals surface area contributed by atoms with E-state index >= 15 is 0 Å². The molecular weight excluding hydrogens is 577 g/mol. The molecule has 0 radical (unpaired) electrons. The molecule has 1 aliphatic carbocycles. The van der Waals surface area contributed by atoms with Crippen molar-refractivity contribution in [3.8, 4) is 0 Å². The highest BCUT2D eigenvalue weighted by Gasteiger charge is 2.51. The number of hydrogen-bond donors (Lipinski definition) is 7. The van der Waals surface area contributed by atoms with E-state index in [1.165, 1.54) is 10.9 Å². The molecule has 0 bridgehead atoms. The third kappa shape index (κ3) is 5.82. The number of aromatic amines is 1. The number of aliphatic hydroxyl groups is 3. The highest BCUT2D eigenvalue weighted by atomic mass is 35.5. The Morgan fingerprint density at radius 2 is 2.02 bits per heavy atom. The first-order valence-corrected chi connectivity index (χ1v) is 14.4. The Hall–Kier alpha value is -2.38. The minimum absolute atomic E-state index is 0.0575. The number of halogens is 1. The first-order valence-electron chi connectivity index (χ1n) is 12.4. The van der Waals surface area contributed by atoms with E-state index in [0.717, 1.165) is 25.7 Å². The maximum absolute atomic E-state index is 12.3. The third-order valence-corrected chi connectivity index (χ3v) is 8.57. The molecular formula is C20H29ClN9O9P. The smallest absolute Gasteiger partial charge is 0.361 e. The summed E-state index contributed by atoms with van der Waals surface area (Å²) < 4.78 is 30.1. The zero-order valence-corrected chi connectivity index (χ0v) is 22.6. The van der Waals surface area contributed by atoms with Crippen molar-refractivity contribution in [1.29, 1.82) is 0 Å². The molecule has 20 heteroatoms. The molecule has 5 atom stereocenters. The molecule has 3 aromatic heterocycles. The van der Waals surface area contributed by atoms with Gasteiger partial charge in [-0.15, -0.1) is 10.2 Å². The average Bonchev–Trinajstić information content (AvgIpc) is 3.71. The Bertz CT molecular complexity index is 1340. The molecule has 1 aliphatic heterocycles. The lowest BCUT2D eigenvalue weighted by atomic mass is 10.1. The fourth-order valence-corrected chi connectivity index (χ4v) is 5.55. The average molecular weight is 606 g/mol. The maximum atomic E-state index is 12.3. The van der Waals surface area contributed by atoms with Gasteiger partial charge in [0.25, 0.3) is 0 Å². The van der Waals surface area contributed by atoms with Gasteiger partial charge in [-0.1, -0.05) is 18.1 Å². The molecule has 2 fully saturated rings. The van der Waals surface area contributed by atoms with Crippen LogP contribution in [0.2, 0.25) is 5.28 Å². The van der Waals surface area contributed by atoms with Crippen LogP contribution >= 0.6 is 19.2 Å². The summed E-state index contributed by atoms with van der Waals surface area (Å²) in [4.78, 5) is 28.4. The van der Waals surface area contributed by atoms with Crippen molar-refractivity contribution in [3.63, 3.8) is 0 Å². The largest absolute Gasteiger partial charge is 0.393 e. The number of anilines is 1. The molecule has 1 saturated carbocycles. The van der Waals surface area contributed by atoms with Gasteiger partial charge >= 0.3 is 7.60 Å². The summed E-state index contributed by atoms with van der Waals surface area (Å²) in [6, 6.07) is 0.228. The van der Waals surface area contributed by atoms with E-state index in [2.05, 4.69) is 41.0 Å². The summed E-state index contributed by atoms with van der Waals surface area (Å²) in [5.74, 6) is 0.589. The first kappa shape index (κ1) is 29.1.